The van der Waals surface area contributed by atoms with Gasteiger partial charge in [-0.25, -0.2) is 9.97 Å². The highest BCUT2D eigenvalue weighted by atomic mass is 32.1. The van der Waals surface area contributed by atoms with Crippen molar-refractivity contribution in [3.63, 3.8) is 0 Å². The smallest absolute Gasteiger partial charge is 0.138 e. The molecule has 0 aliphatic heterocycles. The number of nitrogens with one attached hydrogen (secondary N) is 1. The molecule has 2 aromatic rings. The van der Waals surface area contributed by atoms with Gasteiger partial charge in [-0.15, -0.1) is 11.3 Å². The van der Waals surface area contributed by atoms with Gasteiger partial charge in [0.15, 0.2) is 0 Å². The van der Waals surface area contributed by atoms with Gasteiger partial charge >= 0.3 is 0 Å². The predicted molar refractivity (Wildman–Crippen MR) is 65.6 cm³/mol. The van der Waals surface area contributed by atoms with E-state index in [1.165, 1.54) is 6.33 Å². The summed E-state index contributed by atoms with van der Waals surface area (Å²) in [6, 6.07) is 1.67. The Balaban J connectivity index is 2.12. The molecule has 0 aliphatic rings. The van der Waals surface area contributed by atoms with Crippen LogP contribution >= 0.6 is 11.3 Å². The molecule has 2 unspecified atom stereocenters. The molecular weight excluding hydrogens is 224 g/mol. The third-order valence-electron chi connectivity index (χ3n) is 2.39. The average molecular weight is 238 g/mol. The molecule has 0 radical (unpaired) electrons. The van der Waals surface area contributed by atoms with E-state index in [0.29, 0.717) is 6.54 Å². The molecule has 2 aromatic heterocycles. The normalized spacial score (nSPS) is 14.9. The van der Waals surface area contributed by atoms with Crippen molar-refractivity contribution >= 4 is 27.4 Å². The molecule has 0 amide bonds. The van der Waals surface area contributed by atoms with Crippen LogP contribution in [0.25, 0.3) is 10.2 Å². The summed E-state index contributed by atoms with van der Waals surface area (Å²) in [6.45, 7) is 2.16. The first-order valence-electron chi connectivity index (χ1n) is 5.04. The van der Waals surface area contributed by atoms with Crippen molar-refractivity contribution in [3.8, 4) is 0 Å². The fourth-order valence-corrected chi connectivity index (χ4v) is 2.05. The van der Waals surface area contributed by atoms with Gasteiger partial charge in [0.1, 0.15) is 17.0 Å². The number of rotatable bonds is 4. The van der Waals surface area contributed by atoms with Gasteiger partial charge in [-0.05, 0) is 18.4 Å². The Labute approximate surface area is 97.3 Å². The number of anilines is 1. The lowest BCUT2D eigenvalue weighted by atomic mass is 10.2. The van der Waals surface area contributed by atoms with Crippen LogP contribution in [0.3, 0.4) is 0 Å². The van der Waals surface area contributed by atoms with Crippen molar-refractivity contribution < 1.29 is 5.11 Å². The van der Waals surface area contributed by atoms with Crippen LogP contribution in [0.2, 0.25) is 0 Å². The summed E-state index contributed by atoms with van der Waals surface area (Å²) in [5, 5.41) is 15.4. The molecule has 0 fully saturated rings. The molecule has 5 nitrogen and oxygen atoms in total. The van der Waals surface area contributed by atoms with Gasteiger partial charge in [-0.3, -0.25) is 0 Å². The van der Waals surface area contributed by atoms with Crippen LogP contribution in [-0.2, 0) is 0 Å². The number of aliphatic hydroxyl groups is 1. The summed E-state index contributed by atoms with van der Waals surface area (Å²) in [6.07, 6.45) is 0.988. The van der Waals surface area contributed by atoms with E-state index in [-0.39, 0.29) is 6.04 Å². The second-order valence-electron chi connectivity index (χ2n) is 3.65. The van der Waals surface area contributed by atoms with E-state index in [9.17, 15) is 5.11 Å². The second-order valence-corrected chi connectivity index (χ2v) is 4.54. The minimum absolute atomic E-state index is 0.302. The van der Waals surface area contributed by atoms with Crippen molar-refractivity contribution in [1.82, 2.24) is 9.97 Å². The van der Waals surface area contributed by atoms with Gasteiger partial charge < -0.3 is 16.2 Å². The standard InChI is InChI=1S/C10H14N4OS/c1-6(15)8(11)4-12-9-7-2-3-16-10(7)14-5-13-9/h2-3,5-6,8,15H,4,11H2,1H3,(H,12,13,14). The molecule has 4 N–H and O–H groups in total. The zero-order valence-electron chi connectivity index (χ0n) is 8.92. The van der Waals surface area contributed by atoms with Crippen molar-refractivity contribution in [2.24, 2.45) is 5.73 Å². The fourth-order valence-electron chi connectivity index (χ4n) is 1.32. The van der Waals surface area contributed by atoms with Gasteiger partial charge in [-0.2, -0.15) is 0 Å². The third-order valence-corrected chi connectivity index (χ3v) is 3.21. The van der Waals surface area contributed by atoms with E-state index in [1.807, 2.05) is 11.4 Å². The van der Waals surface area contributed by atoms with Gasteiger partial charge in [0.25, 0.3) is 0 Å². The summed E-state index contributed by atoms with van der Waals surface area (Å²) >= 11 is 1.57. The summed E-state index contributed by atoms with van der Waals surface area (Å²) < 4.78 is 0. The largest absolute Gasteiger partial charge is 0.392 e. The van der Waals surface area contributed by atoms with E-state index in [4.69, 9.17) is 5.73 Å². The van der Waals surface area contributed by atoms with Gasteiger partial charge in [0.05, 0.1) is 11.5 Å². The summed E-state index contributed by atoms with van der Waals surface area (Å²) in [5.41, 5.74) is 5.73. The number of nitrogens with zero attached hydrogens (tertiary/aromatic N) is 2. The van der Waals surface area contributed by atoms with Crippen LogP contribution in [0.1, 0.15) is 6.92 Å². The van der Waals surface area contributed by atoms with Gasteiger partial charge in [-0.1, -0.05) is 0 Å². The Bertz CT molecular complexity index is 471. The van der Waals surface area contributed by atoms with E-state index >= 15 is 0 Å². The van der Waals surface area contributed by atoms with Crippen LogP contribution in [0.15, 0.2) is 17.8 Å². The molecule has 0 spiro atoms. The van der Waals surface area contributed by atoms with Gasteiger partial charge in [0.2, 0.25) is 0 Å². The topological polar surface area (TPSA) is 84.1 Å². The Hall–Kier alpha value is -1.24. The molecular formula is C10H14N4OS. The number of thiophene rings is 1. The zero-order valence-corrected chi connectivity index (χ0v) is 9.74. The highest BCUT2D eigenvalue weighted by Crippen LogP contribution is 2.23. The molecule has 0 aliphatic carbocycles. The maximum atomic E-state index is 9.28. The summed E-state index contributed by atoms with van der Waals surface area (Å²) in [4.78, 5) is 9.26. The van der Waals surface area contributed by atoms with Crippen LogP contribution in [0.5, 0.6) is 0 Å². The third kappa shape index (κ3) is 2.29. The molecule has 0 saturated carbocycles. The molecule has 0 aromatic carbocycles. The molecule has 2 heterocycles. The van der Waals surface area contributed by atoms with Crippen LogP contribution in [0, 0.1) is 0 Å². The van der Waals surface area contributed by atoms with Crippen molar-refractivity contribution in [2.75, 3.05) is 11.9 Å². The number of aliphatic hydroxyl groups excluding tert-OH is 1. The summed E-state index contributed by atoms with van der Waals surface area (Å²) in [7, 11) is 0. The number of hydrogen-bond acceptors (Lipinski definition) is 6. The SMILES string of the molecule is CC(O)C(N)CNc1ncnc2sccc12. The second kappa shape index (κ2) is 4.73. The van der Waals surface area contributed by atoms with Gasteiger partial charge in [0, 0.05) is 12.6 Å². The van der Waals surface area contributed by atoms with E-state index in [1.54, 1.807) is 18.3 Å². The number of fused-ring (bicyclic) bond motifs is 1. The fraction of sp³-hybridized carbons (Fsp3) is 0.400. The van der Waals surface area contributed by atoms with Crippen molar-refractivity contribution in [1.29, 1.82) is 0 Å². The Morgan fingerprint density at radius 3 is 3.12 bits per heavy atom. The molecule has 0 saturated heterocycles. The Morgan fingerprint density at radius 1 is 1.56 bits per heavy atom. The number of hydrogen-bond donors (Lipinski definition) is 3. The maximum absolute atomic E-state index is 9.28. The lowest BCUT2D eigenvalue weighted by Crippen LogP contribution is -2.38. The number of nitrogens with two attached hydrogens (primary N) is 1. The van der Waals surface area contributed by atoms with Crippen molar-refractivity contribution in [3.05, 3.63) is 17.8 Å². The molecule has 6 heteroatoms. The first-order valence-corrected chi connectivity index (χ1v) is 5.92. The van der Waals surface area contributed by atoms with E-state index in [0.717, 1.165) is 16.0 Å². The highest BCUT2D eigenvalue weighted by Gasteiger charge is 2.10. The molecule has 16 heavy (non-hydrogen) atoms. The minimum atomic E-state index is -0.535. The molecule has 2 atom stereocenters. The van der Waals surface area contributed by atoms with E-state index in [2.05, 4.69) is 15.3 Å². The maximum Gasteiger partial charge on any atom is 0.138 e. The minimum Gasteiger partial charge on any atom is -0.392 e. The van der Waals surface area contributed by atoms with Crippen LogP contribution < -0.4 is 11.1 Å². The highest BCUT2D eigenvalue weighted by molar-refractivity contribution is 7.16. The summed E-state index contributed by atoms with van der Waals surface area (Å²) in [5.74, 6) is 0.766. The Morgan fingerprint density at radius 2 is 2.38 bits per heavy atom. The first-order chi connectivity index (χ1) is 7.68. The molecule has 0 bridgehead atoms. The monoisotopic (exact) mass is 238 g/mol. The Kier molecular flexibility index (Phi) is 3.33. The van der Waals surface area contributed by atoms with Crippen LogP contribution in [-0.4, -0.2) is 33.8 Å². The average Bonchev–Trinajstić information content (AvgIpc) is 2.73. The van der Waals surface area contributed by atoms with Crippen LogP contribution in [0.4, 0.5) is 5.82 Å². The lowest BCUT2D eigenvalue weighted by Gasteiger charge is -2.15. The first kappa shape index (κ1) is 11.3. The zero-order chi connectivity index (χ0) is 11.5. The van der Waals surface area contributed by atoms with Crippen molar-refractivity contribution in [2.45, 2.75) is 19.1 Å². The van der Waals surface area contributed by atoms with E-state index < -0.39 is 6.10 Å². The number of aromatic nitrogens is 2. The molecule has 2 rings (SSSR count). The lowest BCUT2D eigenvalue weighted by molar-refractivity contribution is 0.168. The molecule has 86 valence electrons. The quantitative estimate of drug-likeness (QED) is 0.734. The predicted octanol–water partition coefficient (Wildman–Crippen LogP) is 0.811.